The van der Waals surface area contributed by atoms with Crippen LogP contribution in [0.15, 0.2) is 36.5 Å². The summed E-state index contributed by atoms with van der Waals surface area (Å²) < 4.78 is 0. The highest BCUT2D eigenvalue weighted by atomic mass is 14.7. The monoisotopic (exact) mass is 240 g/mol. The quantitative estimate of drug-likeness (QED) is 0.873. The molecule has 2 nitrogen and oxygen atoms in total. The molecule has 1 aromatic carbocycles. The van der Waals surface area contributed by atoms with E-state index in [1.54, 1.807) is 0 Å². The number of para-hydroxylation sites is 1. The van der Waals surface area contributed by atoms with E-state index >= 15 is 0 Å². The predicted octanol–water partition coefficient (Wildman–Crippen LogP) is 3.47. The third kappa shape index (κ3) is 2.01. The molecule has 1 heterocycles. The zero-order valence-corrected chi connectivity index (χ0v) is 10.7. The highest BCUT2D eigenvalue weighted by Gasteiger charge is 2.26. The molecule has 1 saturated carbocycles. The van der Waals surface area contributed by atoms with E-state index in [1.807, 2.05) is 12.3 Å². The van der Waals surface area contributed by atoms with Crippen LogP contribution in [-0.4, -0.2) is 11.5 Å². The summed E-state index contributed by atoms with van der Waals surface area (Å²) in [5.41, 5.74) is 8.53. The van der Waals surface area contributed by atoms with Crippen molar-refractivity contribution < 1.29 is 0 Å². The van der Waals surface area contributed by atoms with Gasteiger partial charge in [-0.2, -0.15) is 0 Å². The van der Waals surface area contributed by atoms with E-state index < -0.39 is 0 Å². The predicted molar refractivity (Wildman–Crippen MR) is 75.5 cm³/mol. The average Bonchev–Trinajstić information content (AvgIpc) is 2.46. The van der Waals surface area contributed by atoms with E-state index in [2.05, 4.69) is 29.2 Å². The van der Waals surface area contributed by atoms with Crippen molar-refractivity contribution >= 4 is 10.9 Å². The highest BCUT2D eigenvalue weighted by molar-refractivity contribution is 5.82. The summed E-state index contributed by atoms with van der Waals surface area (Å²) in [6, 6.07) is 10.7. The minimum atomic E-state index is 0.599. The van der Waals surface area contributed by atoms with Gasteiger partial charge in [0.2, 0.25) is 0 Å². The summed E-state index contributed by atoms with van der Waals surface area (Å²) in [5, 5.41) is 1.25. The second-order valence-corrected chi connectivity index (χ2v) is 5.31. The molecular weight excluding hydrogens is 220 g/mol. The van der Waals surface area contributed by atoms with Crippen LogP contribution in [0.3, 0.4) is 0 Å². The number of nitrogens with two attached hydrogens (primary N) is 1. The minimum absolute atomic E-state index is 0.599. The first-order chi connectivity index (χ1) is 8.90. The SMILES string of the molecule is NCC1CCCCC1c1cccc2cccnc12. The molecule has 1 aliphatic carbocycles. The number of pyridine rings is 1. The third-order valence-electron chi connectivity index (χ3n) is 4.28. The van der Waals surface area contributed by atoms with Gasteiger partial charge in [0.15, 0.2) is 0 Å². The van der Waals surface area contributed by atoms with Crippen LogP contribution in [-0.2, 0) is 0 Å². The summed E-state index contributed by atoms with van der Waals surface area (Å²) in [5.74, 6) is 1.23. The van der Waals surface area contributed by atoms with Gasteiger partial charge in [0.1, 0.15) is 0 Å². The summed E-state index contributed by atoms with van der Waals surface area (Å²) in [6.45, 7) is 0.799. The molecule has 0 radical (unpaired) electrons. The van der Waals surface area contributed by atoms with Gasteiger partial charge >= 0.3 is 0 Å². The van der Waals surface area contributed by atoms with Gasteiger partial charge in [0.25, 0.3) is 0 Å². The van der Waals surface area contributed by atoms with Gasteiger partial charge in [-0.25, -0.2) is 0 Å². The Kier molecular flexibility index (Phi) is 3.28. The summed E-state index contributed by atoms with van der Waals surface area (Å²) in [6.07, 6.45) is 7.08. The van der Waals surface area contributed by atoms with Gasteiger partial charge in [0.05, 0.1) is 5.52 Å². The van der Waals surface area contributed by atoms with Crippen molar-refractivity contribution in [3.05, 3.63) is 42.1 Å². The normalized spacial score (nSPS) is 24.3. The van der Waals surface area contributed by atoms with E-state index in [9.17, 15) is 0 Å². The van der Waals surface area contributed by atoms with E-state index in [0.717, 1.165) is 6.54 Å². The molecule has 0 aliphatic heterocycles. The van der Waals surface area contributed by atoms with E-state index in [0.29, 0.717) is 11.8 Å². The molecule has 18 heavy (non-hydrogen) atoms. The lowest BCUT2D eigenvalue weighted by molar-refractivity contribution is 0.315. The van der Waals surface area contributed by atoms with Crippen LogP contribution in [0.4, 0.5) is 0 Å². The van der Waals surface area contributed by atoms with Crippen LogP contribution >= 0.6 is 0 Å². The Morgan fingerprint density at radius 3 is 2.83 bits per heavy atom. The van der Waals surface area contributed by atoms with Crippen LogP contribution in [0.2, 0.25) is 0 Å². The van der Waals surface area contributed by atoms with E-state index in [-0.39, 0.29) is 0 Å². The maximum atomic E-state index is 5.95. The Morgan fingerprint density at radius 1 is 1.11 bits per heavy atom. The van der Waals surface area contributed by atoms with Crippen molar-refractivity contribution in [1.29, 1.82) is 0 Å². The average molecular weight is 240 g/mol. The molecule has 94 valence electrons. The number of aromatic nitrogens is 1. The van der Waals surface area contributed by atoms with Crippen molar-refractivity contribution in [3.8, 4) is 0 Å². The fourth-order valence-electron chi connectivity index (χ4n) is 3.33. The lowest BCUT2D eigenvalue weighted by Gasteiger charge is -2.31. The highest BCUT2D eigenvalue weighted by Crippen LogP contribution is 2.39. The minimum Gasteiger partial charge on any atom is -0.330 e. The van der Waals surface area contributed by atoms with Crippen LogP contribution in [0, 0.1) is 5.92 Å². The topological polar surface area (TPSA) is 38.9 Å². The van der Waals surface area contributed by atoms with Gasteiger partial charge in [-0.05, 0) is 42.9 Å². The molecule has 1 fully saturated rings. The molecule has 1 aliphatic rings. The Labute approximate surface area is 108 Å². The van der Waals surface area contributed by atoms with Crippen molar-refractivity contribution in [2.45, 2.75) is 31.6 Å². The third-order valence-corrected chi connectivity index (χ3v) is 4.28. The van der Waals surface area contributed by atoms with Crippen LogP contribution in [0.5, 0.6) is 0 Å². The second kappa shape index (κ2) is 5.07. The molecular formula is C16H20N2. The van der Waals surface area contributed by atoms with Crippen LogP contribution in [0.25, 0.3) is 10.9 Å². The number of hydrogen-bond acceptors (Lipinski definition) is 2. The molecule has 2 N–H and O–H groups in total. The largest absolute Gasteiger partial charge is 0.330 e. The number of fused-ring (bicyclic) bond motifs is 1. The zero-order valence-electron chi connectivity index (χ0n) is 10.7. The lowest BCUT2D eigenvalue weighted by Crippen LogP contribution is -2.25. The lowest BCUT2D eigenvalue weighted by atomic mass is 9.75. The van der Waals surface area contributed by atoms with Gasteiger partial charge in [0, 0.05) is 11.6 Å². The fraction of sp³-hybridized carbons (Fsp3) is 0.438. The van der Waals surface area contributed by atoms with Gasteiger partial charge in [-0.15, -0.1) is 0 Å². The van der Waals surface area contributed by atoms with Crippen molar-refractivity contribution in [1.82, 2.24) is 4.98 Å². The van der Waals surface area contributed by atoms with Crippen molar-refractivity contribution in [3.63, 3.8) is 0 Å². The van der Waals surface area contributed by atoms with Gasteiger partial charge in [-0.1, -0.05) is 37.1 Å². The van der Waals surface area contributed by atoms with Crippen LogP contribution in [0.1, 0.15) is 37.2 Å². The fourth-order valence-corrected chi connectivity index (χ4v) is 3.33. The molecule has 2 heteroatoms. The standard InChI is InChI=1S/C16H20N2/c17-11-13-5-1-2-8-14(13)15-9-3-6-12-7-4-10-18-16(12)15/h3-4,6-7,9-10,13-14H,1-2,5,8,11,17H2. The molecule has 2 atom stereocenters. The summed E-state index contributed by atoms with van der Waals surface area (Å²) >= 11 is 0. The number of benzene rings is 1. The summed E-state index contributed by atoms with van der Waals surface area (Å²) in [4.78, 5) is 4.58. The van der Waals surface area contributed by atoms with Crippen molar-refractivity contribution in [2.75, 3.05) is 6.54 Å². The van der Waals surface area contributed by atoms with Crippen LogP contribution < -0.4 is 5.73 Å². The zero-order chi connectivity index (χ0) is 12.4. The Bertz CT molecular complexity index is 530. The molecule has 2 aromatic rings. The first-order valence-electron chi connectivity index (χ1n) is 6.94. The maximum Gasteiger partial charge on any atom is 0.0736 e. The molecule has 2 unspecified atom stereocenters. The first kappa shape index (κ1) is 11.7. The van der Waals surface area contributed by atoms with Gasteiger partial charge < -0.3 is 5.73 Å². The smallest absolute Gasteiger partial charge is 0.0736 e. The Hall–Kier alpha value is -1.41. The maximum absolute atomic E-state index is 5.95. The van der Waals surface area contributed by atoms with E-state index in [1.165, 1.54) is 42.1 Å². The second-order valence-electron chi connectivity index (χ2n) is 5.31. The molecule has 0 saturated heterocycles. The molecule has 1 aromatic heterocycles. The molecule has 0 amide bonds. The molecule has 3 rings (SSSR count). The molecule has 0 bridgehead atoms. The van der Waals surface area contributed by atoms with Crippen molar-refractivity contribution in [2.24, 2.45) is 11.7 Å². The number of nitrogens with zero attached hydrogens (tertiary/aromatic N) is 1. The number of hydrogen-bond donors (Lipinski definition) is 1. The Morgan fingerprint density at radius 2 is 1.94 bits per heavy atom. The van der Waals surface area contributed by atoms with E-state index in [4.69, 9.17) is 5.73 Å². The number of rotatable bonds is 2. The Balaban J connectivity index is 2.07. The van der Waals surface area contributed by atoms with Gasteiger partial charge in [-0.3, -0.25) is 4.98 Å². The first-order valence-corrected chi connectivity index (χ1v) is 6.94. The molecule has 0 spiro atoms. The summed E-state index contributed by atoms with van der Waals surface area (Å²) in [7, 11) is 0.